The molecule has 0 aromatic carbocycles. The highest BCUT2D eigenvalue weighted by Gasteiger charge is 2.45. The van der Waals surface area contributed by atoms with E-state index in [1.807, 2.05) is 4.90 Å². The van der Waals surface area contributed by atoms with Gasteiger partial charge in [-0.2, -0.15) is 0 Å². The molecule has 2 fully saturated rings. The van der Waals surface area contributed by atoms with E-state index in [1.165, 1.54) is 43.2 Å². The van der Waals surface area contributed by atoms with Crippen LogP contribution in [-0.2, 0) is 15.7 Å². The minimum absolute atomic E-state index is 0.0259. The quantitative estimate of drug-likeness (QED) is 0.403. The molecule has 1 saturated carbocycles. The van der Waals surface area contributed by atoms with Crippen molar-refractivity contribution in [2.24, 2.45) is 5.41 Å². The largest absolute Gasteiger partial charge is 0.393 e. The highest BCUT2D eigenvalue weighted by atomic mass is 32.2. The number of amides is 1. The topological polar surface area (TPSA) is 145 Å². The first-order valence-corrected chi connectivity index (χ1v) is 13.8. The Hall–Kier alpha value is -2.67. The van der Waals surface area contributed by atoms with Crippen LogP contribution in [0.1, 0.15) is 62.5 Å². The van der Waals surface area contributed by atoms with Gasteiger partial charge in [-0.3, -0.25) is 4.79 Å². The molecule has 0 atom stereocenters. The maximum Gasteiger partial charge on any atom is 0.260 e. The lowest BCUT2D eigenvalue weighted by atomic mass is 9.93. The van der Waals surface area contributed by atoms with E-state index in [0.717, 1.165) is 12.8 Å². The first kappa shape index (κ1) is 27.4. The molecule has 1 aliphatic heterocycles. The second kappa shape index (κ2) is 9.90. The highest BCUT2D eigenvalue weighted by molar-refractivity contribution is 7.89. The zero-order chi connectivity index (χ0) is 27.1. The Morgan fingerprint density at radius 3 is 2.27 bits per heavy atom. The van der Waals surface area contributed by atoms with Crippen molar-refractivity contribution in [1.82, 2.24) is 14.7 Å². The van der Waals surface area contributed by atoms with Gasteiger partial charge in [-0.15, -0.1) is 0 Å². The summed E-state index contributed by atoms with van der Waals surface area (Å²) in [7, 11) is -3.92. The smallest absolute Gasteiger partial charge is 0.260 e. The fourth-order valence-corrected chi connectivity index (χ4v) is 5.86. The predicted molar refractivity (Wildman–Crippen MR) is 137 cm³/mol. The van der Waals surface area contributed by atoms with E-state index in [-0.39, 0.29) is 27.9 Å². The van der Waals surface area contributed by atoms with Gasteiger partial charge in [-0.25, -0.2) is 27.5 Å². The van der Waals surface area contributed by atoms with Gasteiger partial charge in [-0.05, 0) is 76.1 Å². The number of hydrogen-bond acceptors (Lipinski definition) is 8. The second-order valence-corrected chi connectivity index (χ2v) is 12.6. The molecule has 4 N–H and O–H groups in total. The lowest BCUT2D eigenvalue weighted by Crippen LogP contribution is -2.40. The van der Waals surface area contributed by atoms with Gasteiger partial charge >= 0.3 is 0 Å². The molecule has 1 spiro atoms. The summed E-state index contributed by atoms with van der Waals surface area (Å²) in [5.74, 6) is -0.324. The van der Waals surface area contributed by atoms with Crippen LogP contribution in [0.2, 0.25) is 0 Å². The van der Waals surface area contributed by atoms with Crippen molar-refractivity contribution < 1.29 is 27.8 Å². The summed E-state index contributed by atoms with van der Waals surface area (Å²) in [5.41, 5.74) is -2.84. The number of alkyl halides is 1. The molecule has 1 saturated heterocycles. The van der Waals surface area contributed by atoms with E-state index in [0.29, 0.717) is 18.5 Å². The summed E-state index contributed by atoms with van der Waals surface area (Å²) in [6.45, 7) is 4.48. The van der Waals surface area contributed by atoms with Gasteiger partial charge in [0.15, 0.2) is 10.7 Å². The molecule has 1 amide bonds. The molecule has 3 heterocycles. The molecule has 4 rings (SSSR count). The number of aliphatic hydroxyl groups excluding tert-OH is 2. The monoisotopic (exact) mass is 535 g/mol. The molecule has 2 aromatic heterocycles. The van der Waals surface area contributed by atoms with Gasteiger partial charge in [0.05, 0.1) is 24.5 Å². The van der Waals surface area contributed by atoms with Gasteiger partial charge in [0.1, 0.15) is 11.6 Å². The van der Waals surface area contributed by atoms with Crippen LogP contribution in [0.15, 0.2) is 35.4 Å². The molecule has 12 heteroatoms. The lowest BCUT2D eigenvalue weighted by Gasteiger charge is -2.34. The van der Waals surface area contributed by atoms with Crippen molar-refractivity contribution in [3.8, 4) is 0 Å². The molecule has 0 bridgehead atoms. The van der Waals surface area contributed by atoms with E-state index in [2.05, 4.69) is 20.0 Å². The van der Waals surface area contributed by atoms with Crippen molar-refractivity contribution >= 4 is 27.6 Å². The number of nitrogens with one attached hydrogen (secondary N) is 2. The average molecular weight is 536 g/mol. The van der Waals surface area contributed by atoms with Crippen molar-refractivity contribution in [2.45, 2.75) is 62.7 Å². The first-order valence-electron chi connectivity index (χ1n) is 12.3. The summed E-state index contributed by atoms with van der Waals surface area (Å²) >= 11 is 0. The number of nitrogens with zero attached hydrogens (tertiary/aromatic N) is 3. The van der Waals surface area contributed by atoms with E-state index >= 15 is 4.39 Å². The number of aromatic nitrogens is 2. The van der Waals surface area contributed by atoms with Crippen LogP contribution in [0.3, 0.4) is 0 Å². The number of hydrogen-bond donors (Lipinski definition) is 4. The minimum Gasteiger partial charge on any atom is -0.393 e. The van der Waals surface area contributed by atoms with Gasteiger partial charge in [0, 0.05) is 18.6 Å². The van der Waals surface area contributed by atoms with Crippen LogP contribution in [0.4, 0.5) is 16.0 Å². The Morgan fingerprint density at radius 2 is 1.70 bits per heavy atom. The molecule has 2 aliphatic rings. The number of piperidine rings is 1. The number of aliphatic hydroxyl groups is 2. The van der Waals surface area contributed by atoms with E-state index in [9.17, 15) is 23.4 Å². The summed E-state index contributed by atoms with van der Waals surface area (Å²) in [6, 6.07) is 6.94. The Morgan fingerprint density at radius 1 is 1.05 bits per heavy atom. The van der Waals surface area contributed by atoms with Crippen molar-refractivity contribution in [3.63, 3.8) is 0 Å². The summed E-state index contributed by atoms with van der Waals surface area (Å²) in [4.78, 5) is 23.7. The van der Waals surface area contributed by atoms with Gasteiger partial charge in [-0.1, -0.05) is 6.07 Å². The van der Waals surface area contributed by atoms with Crippen molar-refractivity contribution in [2.75, 3.05) is 36.5 Å². The number of rotatable bonds is 8. The average Bonchev–Trinajstić information content (AvgIpc) is 3.61. The third kappa shape index (κ3) is 6.08. The van der Waals surface area contributed by atoms with Crippen LogP contribution in [0.25, 0.3) is 0 Å². The Bertz CT molecular complexity index is 1260. The number of sulfonamides is 1. The maximum absolute atomic E-state index is 15.1. The molecule has 37 heavy (non-hydrogen) atoms. The lowest BCUT2D eigenvalue weighted by molar-refractivity contribution is 0.00964. The van der Waals surface area contributed by atoms with E-state index in [1.54, 1.807) is 20.8 Å². The Balaban J connectivity index is 1.63. The number of carbonyl (C=O) groups excluding carboxylic acids is 1. The zero-order valence-corrected chi connectivity index (χ0v) is 22.1. The van der Waals surface area contributed by atoms with Gasteiger partial charge < -0.3 is 20.4 Å². The molecular formula is C25H34FN5O5S. The third-order valence-corrected chi connectivity index (χ3v) is 8.50. The molecule has 10 nitrogen and oxygen atoms in total. The Labute approximate surface area is 216 Å². The van der Waals surface area contributed by atoms with Crippen molar-refractivity contribution in [1.29, 1.82) is 0 Å². The fourth-order valence-electron chi connectivity index (χ4n) is 4.47. The Kier molecular flexibility index (Phi) is 7.32. The van der Waals surface area contributed by atoms with Crippen LogP contribution in [-0.4, -0.2) is 66.3 Å². The van der Waals surface area contributed by atoms with Crippen molar-refractivity contribution in [3.05, 3.63) is 41.6 Å². The summed E-state index contributed by atoms with van der Waals surface area (Å²) < 4.78 is 43.0. The van der Waals surface area contributed by atoms with E-state index < -0.39 is 40.4 Å². The normalized spacial score (nSPS) is 17.6. The number of halogens is 1. The molecule has 1 aliphatic carbocycles. The van der Waals surface area contributed by atoms with Crippen LogP contribution < -0.4 is 14.9 Å². The fraction of sp³-hybridized carbons (Fsp3) is 0.560. The minimum atomic E-state index is -3.92. The number of pyridine rings is 2. The van der Waals surface area contributed by atoms with Gasteiger partial charge in [0.2, 0.25) is 0 Å². The van der Waals surface area contributed by atoms with Gasteiger partial charge in [0.25, 0.3) is 15.9 Å². The standard InChI is InChI=1S/C25H34FN5O5S/c1-23(2,3)30-37(35,36)20-6-4-5-19(28-20)29-22(34)17-7-8-18(25(26,15-32)16-33)27-21(17)31-13-11-24(9-10-24)12-14-31/h4-8,30,32-33H,9-16H2,1-3H3,(H,28,29,34). The van der Waals surface area contributed by atoms with Crippen LogP contribution >= 0.6 is 0 Å². The second-order valence-electron chi connectivity index (χ2n) is 11.0. The number of anilines is 2. The van der Waals surface area contributed by atoms with E-state index in [4.69, 9.17) is 0 Å². The summed E-state index contributed by atoms with van der Waals surface area (Å²) in [5, 5.41) is 21.4. The molecule has 0 unspecified atom stereocenters. The zero-order valence-electron chi connectivity index (χ0n) is 21.3. The SMILES string of the molecule is CC(C)(C)NS(=O)(=O)c1cccc(NC(=O)c2ccc(C(F)(CO)CO)nc2N2CCC3(CC2)CC3)n1. The maximum atomic E-state index is 15.1. The molecular weight excluding hydrogens is 501 g/mol. The summed E-state index contributed by atoms with van der Waals surface area (Å²) in [6.07, 6.45) is 4.23. The van der Waals surface area contributed by atoms with Crippen LogP contribution in [0, 0.1) is 5.41 Å². The first-order chi connectivity index (χ1) is 17.3. The number of carbonyl (C=O) groups is 1. The molecule has 202 valence electrons. The highest BCUT2D eigenvalue weighted by Crippen LogP contribution is 2.54. The molecule has 2 aromatic rings. The van der Waals surface area contributed by atoms with Crippen LogP contribution in [0.5, 0.6) is 0 Å². The predicted octanol–water partition coefficient (Wildman–Crippen LogP) is 2.34. The third-order valence-electron chi connectivity index (χ3n) is 6.84. The molecule has 0 radical (unpaired) electrons.